The van der Waals surface area contributed by atoms with E-state index in [2.05, 4.69) is 13.2 Å². The van der Waals surface area contributed by atoms with Gasteiger partial charge in [-0.05, 0) is 5.54 Å². The first-order valence-electron chi connectivity index (χ1n) is 5.76. The van der Waals surface area contributed by atoms with Crippen molar-refractivity contribution in [1.29, 1.82) is 0 Å². The third-order valence-electron chi connectivity index (χ3n) is 3.31. The van der Waals surface area contributed by atoms with Crippen molar-refractivity contribution in [1.82, 2.24) is 0 Å². The van der Waals surface area contributed by atoms with Crippen molar-refractivity contribution in [3.8, 4) is 0 Å². The number of rotatable bonds is 6. The van der Waals surface area contributed by atoms with E-state index in [-0.39, 0.29) is 0 Å². The molecule has 1 saturated carbocycles. The van der Waals surface area contributed by atoms with Gasteiger partial charge in [-0.1, -0.05) is 43.5 Å². The molecular formula is C12H21ClOSi. The molecule has 0 bridgehead atoms. The lowest BCUT2D eigenvalue weighted by Crippen LogP contribution is -2.41. The minimum atomic E-state index is -1.92. The molecule has 0 amide bonds. The van der Waals surface area contributed by atoms with Crippen molar-refractivity contribution < 1.29 is 4.43 Å². The van der Waals surface area contributed by atoms with Gasteiger partial charge in [0.25, 0.3) is 0 Å². The van der Waals surface area contributed by atoms with E-state index in [1.54, 1.807) is 0 Å². The van der Waals surface area contributed by atoms with Gasteiger partial charge in [-0.2, -0.15) is 0 Å². The van der Waals surface area contributed by atoms with Gasteiger partial charge in [0.1, 0.15) is 0 Å². The van der Waals surface area contributed by atoms with E-state index < -0.39 is 8.32 Å². The summed E-state index contributed by atoms with van der Waals surface area (Å²) in [6.45, 7) is 8.54. The number of hydrogen-bond acceptors (Lipinski definition) is 1. The monoisotopic (exact) mass is 244 g/mol. The maximum absolute atomic E-state index is 5.99. The average molecular weight is 245 g/mol. The maximum atomic E-state index is 5.99. The fraction of sp³-hybridized carbons (Fsp3) is 0.667. The zero-order chi connectivity index (χ0) is 11.1. The number of hydrogen-bond donors (Lipinski definition) is 0. The normalized spacial score (nSPS) is 18.7. The van der Waals surface area contributed by atoms with Crippen LogP contribution in [0.15, 0.2) is 24.6 Å². The Morgan fingerprint density at radius 2 is 1.80 bits per heavy atom. The first-order valence-corrected chi connectivity index (χ1v) is 8.43. The molecule has 0 aromatic carbocycles. The van der Waals surface area contributed by atoms with Crippen molar-refractivity contribution in [2.24, 2.45) is 0 Å². The summed E-state index contributed by atoms with van der Waals surface area (Å²) >= 11 is 5.69. The van der Waals surface area contributed by atoms with Crippen LogP contribution in [0.1, 0.15) is 32.1 Å². The van der Waals surface area contributed by atoms with E-state index in [1.165, 1.54) is 32.1 Å². The summed E-state index contributed by atoms with van der Waals surface area (Å²) in [5.41, 5.74) is 4.73. The molecule has 86 valence electrons. The predicted octanol–water partition coefficient (Wildman–Crippen LogP) is 3.97. The van der Waals surface area contributed by atoms with Crippen molar-refractivity contribution in [2.75, 3.05) is 12.5 Å². The lowest BCUT2D eigenvalue weighted by molar-refractivity contribution is 0.316. The van der Waals surface area contributed by atoms with Gasteiger partial charge in [0.05, 0.1) is 0 Å². The van der Waals surface area contributed by atoms with Crippen LogP contribution in [0.4, 0.5) is 0 Å². The molecule has 0 atom stereocenters. The Hall–Kier alpha value is -0.0531. The molecule has 1 fully saturated rings. The van der Waals surface area contributed by atoms with Crippen LogP contribution in [0.2, 0.25) is 5.54 Å². The van der Waals surface area contributed by atoms with Crippen LogP contribution in [0.3, 0.4) is 0 Å². The second kappa shape index (κ2) is 6.51. The summed E-state index contributed by atoms with van der Waals surface area (Å²) in [5.74, 6) is 0.559. The van der Waals surface area contributed by atoms with E-state index in [4.69, 9.17) is 16.0 Å². The molecule has 0 saturated heterocycles. The molecular weight excluding hydrogens is 224 g/mol. The molecule has 1 aliphatic carbocycles. The zero-order valence-corrected chi connectivity index (χ0v) is 11.1. The van der Waals surface area contributed by atoms with Crippen LogP contribution in [0.25, 0.3) is 0 Å². The fourth-order valence-electron chi connectivity index (χ4n) is 2.42. The lowest BCUT2D eigenvalue weighted by Gasteiger charge is -2.35. The third-order valence-corrected chi connectivity index (χ3v) is 7.30. The predicted molar refractivity (Wildman–Crippen MR) is 69.7 cm³/mol. The summed E-state index contributed by atoms with van der Waals surface area (Å²) < 4.78 is 5.99. The Morgan fingerprint density at radius 1 is 1.20 bits per heavy atom. The summed E-state index contributed by atoms with van der Waals surface area (Å²) in [7, 11) is -1.92. The van der Waals surface area contributed by atoms with Gasteiger partial charge in [-0.15, -0.1) is 24.8 Å². The van der Waals surface area contributed by atoms with Crippen LogP contribution in [-0.2, 0) is 4.43 Å². The summed E-state index contributed by atoms with van der Waals surface area (Å²) in [6, 6.07) is 0. The Balaban J connectivity index is 2.68. The lowest BCUT2D eigenvalue weighted by atomic mass is 10.0. The second-order valence-corrected chi connectivity index (χ2v) is 8.14. The quantitative estimate of drug-likeness (QED) is 0.508. The molecule has 0 unspecified atom stereocenters. The third kappa shape index (κ3) is 3.20. The molecule has 3 heteroatoms. The molecule has 0 aromatic rings. The summed E-state index contributed by atoms with van der Waals surface area (Å²) in [6.07, 6.45) is 6.56. The largest absolute Gasteiger partial charge is 0.408 e. The number of halogens is 1. The van der Waals surface area contributed by atoms with Crippen LogP contribution < -0.4 is 0 Å². The molecule has 0 aromatic heterocycles. The van der Waals surface area contributed by atoms with E-state index in [0.717, 1.165) is 0 Å². The topological polar surface area (TPSA) is 9.23 Å². The molecule has 0 spiro atoms. The smallest absolute Gasteiger partial charge is 0.243 e. The van der Waals surface area contributed by atoms with Gasteiger partial charge in [-0.25, -0.2) is 0 Å². The fourth-order valence-corrected chi connectivity index (χ4v) is 5.70. The van der Waals surface area contributed by atoms with Crippen molar-refractivity contribution >= 4 is 19.9 Å². The average Bonchev–Trinajstić information content (AvgIpc) is 2.33. The first kappa shape index (κ1) is 13.0. The molecule has 1 rings (SSSR count). The second-order valence-electron chi connectivity index (χ2n) is 4.13. The van der Waals surface area contributed by atoms with Gasteiger partial charge < -0.3 is 4.43 Å². The highest BCUT2D eigenvalue weighted by Crippen LogP contribution is 2.38. The van der Waals surface area contributed by atoms with Gasteiger partial charge in [0, 0.05) is 12.5 Å². The van der Waals surface area contributed by atoms with Gasteiger partial charge in [0.2, 0.25) is 8.32 Å². The maximum Gasteiger partial charge on any atom is 0.243 e. The zero-order valence-electron chi connectivity index (χ0n) is 9.38. The minimum absolute atomic E-state index is 0.559. The van der Waals surface area contributed by atoms with Crippen molar-refractivity contribution in [3.63, 3.8) is 0 Å². The first-order chi connectivity index (χ1) is 7.29. The summed E-state index contributed by atoms with van der Waals surface area (Å²) in [4.78, 5) is 0. The molecule has 15 heavy (non-hydrogen) atoms. The van der Waals surface area contributed by atoms with Crippen molar-refractivity contribution in [2.45, 2.75) is 37.6 Å². The standard InChI is InChI=1S/C12H21ClOSi/c1-3-15(4-2,14-11-10-13)12-8-6-5-7-9-12/h3-4,12H,1-2,5-11H2. The molecule has 1 aliphatic rings. The molecule has 0 radical (unpaired) electrons. The highest BCUT2D eigenvalue weighted by Gasteiger charge is 2.38. The van der Waals surface area contributed by atoms with E-state index in [9.17, 15) is 0 Å². The van der Waals surface area contributed by atoms with Gasteiger partial charge in [0.15, 0.2) is 0 Å². The molecule has 0 heterocycles. The Kier molecular flexibility index (Phi) is 5.65. The van der Waals surface area contributed by atoms with Gasteiger partial charge in [-0.3, -0.25) is 0 Å². The Morgan fingerprint density at radius 3 is 2.27 bits per heavy atom. The van der Waals surface area contributed by atoms with E-state index in [0.29, 0.717) is 18.0 Å². The van der Waals surface area contributed by atoms with Crippen molar-refractivity contribution in [3.05, 3.63) is 24.6 Å². The Bertz CT molecular complexity index is 204. The SMILES string of the molecule is C=C[Si](C=C)(OCCCl)C1CCCCC1. The molecule has 1 nitrogen and oxygen atoms in total. The molecule has 0 aliphatic heterocycles. The van der Waals surface area contributed by atoms with E-state index >= 15 is 0 Å². The van der Waals surface area contributed by atoms with Crippen LogP contribution in [-0.4, -0.2) is 20.8 Å². The van der Waals surface area contributed by atoms with E-state index in [1.807, 2.05) is 11.4 Å². The highest BCUT2D eigenvalue weighted by molar-refractivity contribution is 6.84. The van der Waals surface area contributed by atoms with Crippen LogP contribution in [0, 0.1) is 0 Å². The number of alkyl halides is 1. The minimum Gasteiger partial charge on any atom is -0.408 e. The molecule has 0 N–H and O–H groups in total. The highest BCUT2D eigenvalue weighted by atomic mass is 35.5. The van der Waals surface area contributed by atoms with Gasteiger partial charge >= 0.3 is 0 Å². The summed E-state index contributed by atoms with van der Waals surface area (Å²) in [5, 5.41) is 0. The Labute approximate surface area is 99.3 Å². The van der Waals surface area contributed by atoms with Crippen LogP contribution in [0.5, 0.6) is 0 Å². The van der Waals surface area contributed by atoms with Crippen LogP contribution >= 0.6 is 11.6 Å².